The van der Waals surface area contributed by atoms with Crippen LogP contribution in [0.15, 0.2) is 54.6 Å². The molecule has 1 saturated heterocycles. The van der Waals surface area contributed by atoms with Crippen LogP contribution in [0.5, 0.6) is 11.5 Å². The molecule has 8 heteroatoms. The van der Waals surface area contributed by atoms with Crippen LogP contribution in [0.2, 0.25) is 0 Å². The van der Waals surface area contributed by atoms with Crippen molar-refractivity contribution in [1.29, 1.82) is 0 Å². The maximum Gasteiger partial charge on any atom is 0.307 e. The van der Waals surface area contributed by atoms with Gasteiger partial charge in [0.15, 0.2) is 0 Å². The van der Waals surface area contributed by atoms with E-state index in [0.29, 0.717) is 31.1 Å². The Labute approximate surface area is 187 Å². The number of anilines is 1. The first-order valence-electron chi connectivity index (χ1n) is 10.7. The Morgan fingerprint density at radius 3 is 2.47 bits per heavy atom. The lowest BCUT2D eigenvalue weighted by molar-refractivity contribution is -0.149. The zero-order valence-electron chi connectivity index (χ0n) is 18.4. The van der Waals surface area contributed by atoms with E-state index >= 15 is 0 Å². The van der Waals surface area contributed by atoms with Crippen LogP contribution in [0.4, 0.5) is 5.69 Å². The number of benzene rings is 2. The molecule has 0 saturated carbocycles. The van der Waals surface area contributed by atoms with Crippen molar-refractivity contribution in [3.63, 3.8) is 0 Å². The molecule has 8 nitrogen and oxygen atoms in total. The highest BCUT2D eigenvalue weighted by Crippen LogP contribution is 2.22. The monoisotopic (exact) mass is 439 g/mol. The van der Waals surface area contributed by atoms with Crippen molar-refractivity contribution in [1.82, 2.24) is 10.2 Å². The lowest BCUT2D eigenvalue weighted by Gasteiger charge is -2.33. The molecule has 0 spiro atoms. The quantitative estimate of drug-likeness (QED) is 0.583. The fourth-order valence-corrected chi connectivity index (χ4v) is 3.27. The van der Waals surface area contributed by atoms with Crippen LogP contribution in [-0.2, 0) is 19.1 Å². The summed E-state index contributed by atoms with van der Waals surface area (Å²) < 4.78 is 10.9. The third-order valence-corrected chi connectivity index (χ3v) is 4.84. The van der Waals surface area contributed by atoms with E-state index in [1.807, 2.05) is 44.2 Å². The Hall–Kier alpha value is -3.39. The minimum atomic E-state index is -0.726. The van der Waals surface area contributed by atoms with Gasteiger partial charge in [-0.15, -0.1) is 0 Å². The molecule has 32 heavy (non-hydrogen) atoms. The average molecular weight is 440 g/mol. The standard InChI is InChI=1S/C24H29N3O5/c1-17(2)16-31-23(29)14-21-24(30)25-12-13-27(21)15-22(28)26-18-8-10-20(11-9-18)32-19-6-4-3-5-7-19/h3-11,17,21H,12-16H2,1-2H3,(H,25,30)(H,26,28). The van der Waals surface area contributed by atoms with Crippen molar-refractivity contribution in [2.45, 2.75) is 26.3 Å². The van der Waals surface area contributed by atoms with E-state index in [4.69, 9.17) is 9.47 Å². The van der Waals surface area contributed by atoms with Crippen LogP contribution in [-0.4, -0.2) is 55.0 Å². The molecule has 0 radical (unpaired) electrons. The van der Waals surface area contributed by atoms with Gasteiger partial charge < -0.3 is 20.1 Å². The Balaban J connectivity index is 1.54. The van der Waals surface area contributed by atoms with Crippen molar-refractivity contribution < 1.29 is 23.9 Å². The third kappa shape index (κ3) is 7.09. The predicted octanol–water partition coefficient (Wildman–Crippen LogP) is 2.81. The van der Waals surface area contributed by atoms with Crippen molar-refractivity contribution in [2.75, 3.05) is 31.6 Å². The molecule has 0 aromatic heterocycles. The zero-order valence-corrected chi connectivity index (χ0v) is 18.4. The van der Waals surface area contributed by atoms with Gasteiger partial charge in [0, 0.05) is 18.8 Å². The van der Waals surface area contributed by atoms with Crippen LogP contribution in [0.25, 0.3) is 0 Å². The molecular formula is C24H29N3O5. The van der Waals surface area contributed by atoms with Crippen LogP contribution in [0, 0.1) is 5.92 Å². The maximum absolute atomic E-state index is 12.6. The third-order valence-electron chi connectivity index (χ3n) is 4.84. The predicted molar refractivity (Wildman–Crippen MR) is 120 cm³/mol. The highest BCUT2D eigenvalue weighted by atomic mass is 16.5. The Morgan fingerprint density at radius 1 is 1.09 bits per heavy atom. The molecule has 1 heterocycles. The second-order valence-corrected chi connectivity index (χ2v) is 8.05. The van der Waals surface area contributed by atoms with Crippen molar-refractivity contribution >= 4 is 23.5 Å². The molecule has 3 rings (SSSR count). The number of piperazine rings is 1. The SMILES string of the molecule is CC(C)COC(=O)CC1C(=O)NCCN1CC(=O)Nc1ccc(Oc2ccccc2)cc1. The number of esters is 1. The summed E-state index contributed by atoms with van der Waals surface area (Å²) in [5.74, 6) is 0.614. The van der Waals surface area contributed by atoms with E-state index in [1.165, 1.54) is 0 Å². The van der Waals surface area contributed by atoms with Gasteiger partial charge in [0.2, 0.25) is 11.8 Å². The van der Waals surface area contributed by atoms with E-state index in [2.05, 4.69) is 10.6 Å². The Kier molecular flexibility index (Phi) is 8.21. The number of rotatable bonds is 9. The summed E-state index contributed by atoms with van der Waals surface area (Å²) in [5, 5.41) is 5.57. The summed E-state index contributed by atoms with van der Waals surface area (Å²) in [6, 6.07) is 15.7. The fraction of sp³-hybridized carbons (Fsp3) is 0.375. The van der Waals surface area contributed by atoms with Gasteiger partial charge >= 0.3 is 5.97 Å². The van der Waals surface area contributed by atoms with E-state index < -0.39 is 12.0 Å². The second-order valence-electron chi connectivity index (χ2n) is 8.05. The summed E-state index contributed by atoms with van der Waals surface area (Å²) in [4.78, 5) is 38.7. The number of carbonyl (C=O) groups excluding carboxylic acids is 3. The number of para-hydroxylation sites is 1. The summed E-state index contributed by atoms with van der Waals surface area (Å²) in [6.07, 6.45) is -0.0860. The Morgan fingerprint density at radius 2 is 1.78 bits per heavy atom. The lowest BCUT2D eigenvalue weighted by atomic mass is 10.1. The highest BCUT2D eigenvalue weighted by Gasteiger charge is 2.33. The van der Waals surface area contributed by atoms with Crippen molar-refractivity contribution in [3.05, 3.63) is 54.6 Å². The Bertz CT molecular complexity index is 915. The highest BCUT2D eigenvalue weighted by molar-refractivity contribution is 5.93. The number of ether oxygens (including phenoxy) is 2. The smallest absolute Gasteiger partial charge is 0.307 e. The normalized spacial score (nSPS) is 16.3. The van der Waals surface area contributed by atoms with Crippen LogP contribution < -0.4 is 15.4 Å². The number of nitrogens with zero attached hydrogens (tertiary/aromatic N) is 1. The van der Waals surface area contributed by atoms with E-state index in [0.717, 1.165) is 5.75 Å². The molecular weight excluding hydrogens is 410 g/mol. The van der Waals surface area contributed by atoms with E-state index in [9.17, 15) is 14.4 Å². The van der Waals surface area contributed by atoms with Crippen LogP contribution in [0.3, 0.4) is 0 Å². The number of hydrogen-bond acceptors (Lipinski definition) is 6. The maximum atomic E-state index is 12.6. The molecule has 1 unspecified atom stereocenters. The summed E-state index contributed by atoms with van der Waals surface area (Å²) in [7, 11) is 0. The van der Waals surface area contributed by atoms with Gasteiger partial charge in [-0.05, 0) is 42.3 Å². The molecule has 1 atom stereocenters. The molecule has 2 aromatic rings. The van der Waals surface area contributed by atoms with Gasteiger partial charge in [0.25, 0.3) is 0 Å². The molecule has 0 bridgehead atoms. The lowest BCUT2D eigenvalue weighted by Crippen LogP contribution is -2.57. The van der Waals surface area contributed by atoms with E-state index in [1.54, 1.807) is 29.2 Å². The van der Waals surface area contributed by atoms with Crippen molar-refractivity contribution in [2.24, 2.45) is 5.92 Å². The van der Waals surface area contributed by atoms with Gasteiger partial charge in [-0.2, -0.15) is 0 Å². The molecule has 170 valence electrons. The van der Waals surface area contributed by atoms with Gasteiger partial charge in [-0.1, -0.05) is 32.0 Å². The number of amides is 2. The molecule has 1 aliphatic rings. The minimum absolute atomic E-state index is 0.00217. The molecule has 2 aromatic carbocycles. The summed E-state index contributed by atoms with van der Waals surface area (Å²) >= 11 is 0. The molecule has 2 N–H and O–H groups in total. The number of carbonyl (C=O) groups is 3. The van der Waals surface area contributed by atoms with E-state index in [-0.39, 0.29) is 30.7 Å². The van der Waals surface area contributed by atoms with Gasteiger partial charge in [0.1, 0.15) is 17.5 Å². The van der Waals surface area contributed by atoms with Crippen LogP contribution >= 0.6 is 0 Å². The summed E-state index contributed by atoms with van der Waals surface area (Å²) in [5.41, 5.74) is 0.616. The fourth-order valence-electron chi connectivity index (χ4n) is 3.27. The van der Waals surface area contributed by atoms with Gasteiger partial charge in [-0.3, -0.25) is 19.3 Å². The number of hydrogen-bond donors (Lipinski definition) is 2. The van der Waals surface area contributed by atoms with Gasteiger partial charge in [0.05, 0.1) is 19.6 Å². The largest absolute Gasteiger partial charge is 0.465 e. The topological polar surface area (TPSA) is 97.0 Å². The first-order valence-corrected chi connectivity index (χ1v) is 10.7. The first kappa shape index (κ1) is 23.3. The first-order chi connectivity index (χ1) is 15.4. The second kappa shape index (κ2) is 11.3. The average Bonchev–Trinajstić information content (AvgIpc) is 2.77. The number of nitrogens with one attached hydrogen (secondary N) is 2. The summed E-state index contributed by atoms with van der Waals surface area (Å²) in [6.45, 7) is 5.09. The minimum Gasteiger partial charge on any atom is -0.465 e. The zero-order chi connectivity index (χ0) is 22.9. The molecule has 1 fully saturated rings. The molecule has 1 aliphatic heterocycles. The van der Waals surface area contributed by atoms with Crippen molar-refractivity contribution in [3.8, 4) is 11.5 Å². The molecule has 0 aliphatic carbocycles. The van der Waals surface area contributed by atoms with Crippen LogP contribution in [0.1, 0.15) is 20.3 Å². The van der Waals surface area contributed by atoms with Gasteiger partial charge in [-0.25, -0.2) is 0 Å². The molecule has 2 amide bonds.